The molecule has 1 N–H and O–H groups in total. The first kappa shape index (κ1) is 18.7. The van der Waals surface area contributed by atoms with Gasteiger partial charge in [-0.25, -0.2) is 0 Å². The third kappa shape index (κ3) is 4.18. The van der Waals surface area contributed by atoms with Gasteiger partial charge in [0.2, 0.25) is 11.8 Å². The van der Waals surface area contributed by atoms with Crippen LogP contribution in [-0.2, 0) is 9.59 Å². The van der Waals surface area contributed by atoms with E-state index < -0.39 is 6.04 Å². The summed E-state index contributed by atoms with van der Waals surface area (Å²) in [6.07, 6.45) is 1.39. The van der Waals surface area contributed by atoms with E-state index in [1.54, 1.807) is 4.90 Å². The van der Waals surface area contributed by atoms with Crippen LogP contribution in [0.3, 0.4) is 0 Å². The number of benzene rings is 1. The predicted octanol–water partition coefficient (Wildman–Crippen LogP) is 2.02. The molecule has 0 aliphatic carbocycles. The van der Waals surface area contributed by atoms with Crippen LogP contribution in [-0.4, -0.2) is 67.4 Å². The fourth-order valence-electron chi connectivity index (χ4n) is 3.80. The molecule has 0 radical (unpaired) electrons. The zero-order chi connectivity index (χ0) is 18.7. The Morgan fingerprint density at radius 1 is 1.04 bits per heavy atom. The van der Waals surface area contributed by atoms with Gasteiger partial charge in [-0.3, -0.25) is 9.59 Å². The van der Waals surface area contributed by atoms with Crippen molar-refractivity contribution < 1.29 is 9.59 Å². The molecule has 0 spiro atoms. The largest absolute Gasteiger partial charge is 0.369 e. The maximum atomic E-state index is 12.8. The van der Waals surface area contributed by atoms with Crippen LogP contribution >= 0.6 is 0 Å². The van der Waals surface area contributed by atoms with Crippen molar-refractivity contribution in [2.24, 2.45) is 5.92 Å². The third-order valence-corrected chi connectivity index (χ3v) is 5.35. The highest BCUT2D eigenvalue weighted by Crippen LogP contribution is 2.23. The summed E-state index contributed by atoms with van der Waals surface area (Å²) >= 11 is 0. The van der Waals surface area contributed by atoms with Gasteiger partial charge < -0.3 is 20.0 Å². The number of likely N-dealkylation sites (N-methyl/N-ethyl adjacent to an activating group) is 1. The Morgan fingerprint density at radius 2 is 1.69 bits per heavy atom. The van der Waals surface area contributed by atoms with Crippen LogP contribution in [0.1, 0.15) is 26.7 Å². The van der Waals surface area contributed by atoms with Gasteiger partial charge in [0.1, 0.15) is 6.04 Å². The van der Waals surface area contributed by atoms with E-state index in [1.807, 2.05) is 26.0 Å². The molecular formula is C20H30N4O2. The number of carbonyl (C=O) groups excluding carboxylic acids is 2. The molecule has 1 atom stereocenters. The number of piperazine rings is 1. The molecule has 2 amide bonds. The fraction of sp³-hybridized carbons (Fsp3) is 0.600. The number of anilines is 2. The van der Waals surface area contributed by atoms with Gasteiger partial charge in [-0.2, -0.15) is 0 Å². The van der Waals surface area contributed by atoms with Gasteiger partial charge in [0, 0.05) is 50.5 Å². The van der Waals surface area contributed by atoms with Gasteiger partial charge in [-0.05, 0) is 43.7 Å². The summed E-state index contributed by atoms with van der Waals surface area (Å²) in [6.45, 7) is 8.84. The molecular weight excluding hydrogens is 328 g/mol. The Morgan fingerprint density at radius 3 is 2.23 bits per heavy atom. The summed E-state index contributed by atoms with van der Waals surface area (Å²) in [5.41, 5.74) is 1.97. The van der Waals surface area contributed by atoms with Crippen LogP contribution in [0.25, 0.3) is 0 Å². The quantitative estimate of drug-likeness (QED) is 0.875. The molecule has 0 saturated carbocycles. The van der Waals surface area contributed by atoms with Crippen molar-refractivity contribution in [1.29, 1.82) is 0 Å². The molecule has 142 valence electrons. The number of rotatable bonds is 5. The highest BCUT2D eigenvalue weighted by Gasteiger charge is 2.34. The lowest BCUT2D eigenvalue weighted by Crippen LogP contribution is -2.48. The second-order valence-electron chi connectivity index (χ2n) is 7.71. The number of likely N-dealkylation sites (tertiary alicyclic amines) is 1. The average molecular weight is 358 g/mol. The topological polar surface area (TPSA) is 55.9 Å². The Hall–Kier alpha value is -2.08. The summed E-state index contributed by atoms with van der Waals surface area (Å²) in [7, 11) is 2.15. The van der Waals surface area contributed by atoms with E-state index in [4.69, 9.17) is 0 Å². The lowest BCUT2D eigenvalue weighted by Gasteiger charge is -2.34. The average Bonchev–Trinajstić information content (AvgIpc) is 3.02. The van der Waals surface area contributed by atoms with Gasteiger partial charge in [-0.1, -0.05) is 13.8 Å². The number of nitrogens with one attached hydrogen (secondary N) is 1. The second kappa shape index (κ2) is 8.08. The minimum Gasteiger partial charge on any atom is -0.369 e. The molecule has 1 aromatic carbocycles. The Bertz CT molecular complexity index is 636. The maximum absolute atomic E-state index is 12.8. The molecule has 2 aliphatic rings. The minimum absolute atomic E-state index is 0.0849. The van der Waals surface area contributed by atoms with Gasteiger partial charge in [0.25, 0.3) is 0 Å². The highest BCUT2D eigenvalue weighted by molar-refractivity contribution is 5.97. The number of carbonyl (C=O) groups is 2. The van der Waals surface area contributed by atoms with E-state index in [0.29, 0.717) is 13.0 Å². The SMILES string of the molecule is CC(C)C(C(=O)Nc1ccc(N2CCN(C)CC2)cc1)N1CCCC1=O. The monoisotopic (exact) mass is 358 g/mol. The van der Waals surface area contributed by atoms with Crippen LogP contribution in [0.15, 0.2) is 24.3 Å². The van der Waals surface area contributed by atoms with Crippen molar-refractivity contribution in [3.05, 3.63) is 24.3 Å². The number of amides is 2. The molecule has 3 rings (SSSR count). The number of nitrogens with zero attached hydrogens (tertiary/aromatic N) is 3. The third-order valence-electron chi connectivity index (χ3n) is 5.35. The maximum Gasteiger partial charge on any atom is 0.247 e. The molecule has 26 heavy (non-hydrogen) atoms. The summed E-state index contributed by atoms with van der Waals surface area (Å²) in [5.74, 6) is 0.0773. The Balaban J connectivity index is 1.64. The standard InChI is InChI=1S/C20H30N4O2/c1-15(2)19(24-10-4-5-18(24)25)20(26)21-16-6-8-17(9-7-16)23-13-11-22(3)12-14-23/h6-9,15,19H,4-5,10-14H2,1-3H3,(H,21,26). The van der Waals surface area contributed by atoms with E-state index in [1.165, 1.54) is 5.69 Å². The molecule has 2 saturated heterocycles. The molecule has 0 bridgehead atoms. The lowest BCUT2D eigenvalue weighted by atomic mass is 10.0. The smallest absolute Gasteiger partial charge is 0.247 e. The minimum atomic E-state index is -0.401. The molecule has 6 heteroatoms. The first-order chi connectivity index (χ1) is 12.5. The van der Waals surface area contributed by atoms with Crippen molar-refractivity contribution in [3.8, 4) is 0 Å². The van der Waals surface area contributed by atoms with E-state index in [2.05, 4.69) is 34.3 Å². The first-order valence-electron chi connectivity index (χ1n) is 9.59. The molecule has 1 unspecified atom stereocenters. The fourth-order valence-corrected chi connectivity index (χ4v) is 3.80. The van der Waals surface area contributed by atoms with Crippen LogP contribution in [0, 0.1) is 5.92 Å². The summed E-state index contributed by atoms with van der Waals surface area (Å²) in [6, 6.07) is 7.63. The normalized spacial score (nSPS) is 19.9. The van der Waals surface area contributed by atoms with Crippen molar-refractivity contribution in [2.45, 2.75) is 32.7 Å². The molecule has 6 nitrogen and oxygen atoms in total. The molecule has 0 aromatic heterocycles. The molecule has 1 aromatic rings. The van der Waals surface area contributed by atoms with Crippen molar-refractivity contribution >= 4 is 23.2 Å². The predicted molar refractivity (Wildman–Crippen MR) is 104 cm³/mol. The van der Waals surface area contributed by atoms with Crippen LogP contribution in [0.2, 0.25) is 0 Å². The van der Waals surface area contributed by atoms with Crippen LogP contribution in [0.5, 0.6) is 0 Å². The van der Waals surface area contributed by atoms with Gasteiger partial charge in [0.05, 0.1) is 0 Å². The highest BCUT2D eigenvalue weighted by atomic mass is 16.2. The number of hydrogen-bond donors (Lipinski definition) is 1. The van der Waals surface area contributed by atoms with Gasteiger partial charge in [0.15, 0.2) is 0 Å². The Kier molecular flexibility index (Phi) is 5.81. The first-order valence-corrected chi connectivity index (χ1v) is 9.59. The lowest BCUT2D eigenvalue weighted by molar-refractivity contribution is -0.136. The van der Waals surface area contributed by atoms with Gasteiger partial charge >= 0.3 is 0 Å². The van der Waals surface area contributed by atoms with Crippen molar-refractivity contribution in [3.63, 3.8) is 0 Å². The summed E-state index contributed by atoms with van der Waals surface area (Å²) in [5, 5.41) is 3.00. The van der Waals surface area contributed by atoms with Gasteiger partial charge in [-0.15, -0.1) is 0 Å². The van der Waals surface area contributed by atoms with E-state index in [-0.39, 0.29) is 17.7 Å². The van der Waals surface area contributed by atoms with Crippen molar-refractivity contribution in [2.75, 3.05) is 50.0 Å². The second-order valence-corrected chi connectivity index (χ2v) is 7.71. The summed E-state index contributed by atoms with van der Waals surface area (Å²) < 4.78 is 0. The molecule has 2 heterocycles. The van der Waals surface area contributed by atoms with Crippen LogP contribution < -0.4 is 10.2 Å². The number of hydrogen-bond acceptors (Lipinski definition) is 4. The molecule has 2 fully saturated rings. The summed E-state index contributed by atoms with van der Waals surface area (Å²) in [4.78, 5) is 31.3. The van der Waals surface area contributed by atoms with Crippen molar-refractivity contribution in [1.82, 2.24) is 9.80 Å². The zero-order valence-corrected chi connectivity index (χ0v) is 16.1. The Labute approximate surface area is 156 Å². The van der Waals surface area contributed by atoms with Crippen LogP contribution in [0.4, 0.5) is 11.4 Å². The zero-order valence-electron chi connectivity index (χ0n) is 16.1. The van der Waals surface area contributed by atoms with E-state index >= 15 is 0 Å². The van der Waals surface area contributed by atoms with E-state index in [9.17, 15) is 9.59 Å². The molecule has 2 aliphatic heterocycles. The van der Waals surface area contributed by atoms with E-state index in [0.717, 1.165) is 38.3 Å².